The second-order valence-corrected chi connectivity index (χ2v) is 3.02. The molecule has 5 heteroatoms. The maximum atomic E-state index is 12.9. The van der Waals surface area contributed by atoms with Gasteiger partial charge in [-0.15, -0.1) is 0 Å². The first-order chi connectivity index (χ1) is 7.20. The highest BCUT2D eigenvalue weighted by molar-refractivity contribution is 5.41. The Morgan fingerprint density at radius 3 is 2.67 bits per heavy atom. The van der Waals surface area contributed by atoms with E-state index in [1.54, 1.807) is 19.4 Å². The van der Waals surface area contributed by atoms with Crippen LogP contribution < -0.4 is 5.32 Å². The highest BCUT2D eigenvalue weighted by atomic mass is 19.2. The fraction of sp³-hybridized carbons (Fsp3) is 0.100. The zero-order valence-corrected chi connectivity index (χ0v) is 8.04. The van der Waals surface area contributed by atoms with Crippen LogP contribution in [0.3, 0.4) is 0 Å². The molecule has 0 amide bonds. The van der Waals surface area contributed by atoms with Crippen molar-refractivity contribution in [3.63, 3.8) is 0 Å². The standard InChI is InChI=1S/C10H9F2N3/c1-13-7-5-14-15(6-7)8-2-3-9(11)10(12)4-8/h2-6,13H,1H3. The fourth-order valence-electron chi connectivity index (χ4n) is 1.22. The van der Waals surface area contributed by atoms with E-state index in [0.717, 1.165) is 17.8 Å². The number of hydrogen-bond acceptors (Lipinski definition) is 2. The van der Waals surface area contributed by atoms with Gasteiger partial charge in [0.05, 0.1) is 23.8 Å². The van der Waals surface area contributed by atoms with Gasteiger partial charge in [0, 0.05) is 13.1 Å². The Morgan fingerprint density at radius 1 is 1.27 bits per heavy atom. The summed E-state index contributed by atoms with van der Waals surface area (Å²) < 4.78 is 27.1. The first-order valence-corrected chi connectivity index (χ1v) is 4.38. The van der Waals surface area contributed by atoms with Crippen molar-refractivity contribution in [3.8, 4) is 5.69 Å². The number of halogens is 2. The molecule has 2 rings (SSSR count). The quantitative estimate of drug-likeness (QED) is 0.821. The van der Waals surface area contributed by atoms with Gasteiger partial charge >= 0.3 is 0 Å². The number of rotatable bonds is 2. The molecule has 78 valence electrons. The summed E-state index contributed by atoms with van der Waals surface area (Å²) in [5.41, 5.74) is 1.29. The minimum Gasteiger partial charge on any atom is -0.386 e. The molecule has 1 heterocycles. The van der Waals surface area contributed by atoms with E-state index in [1.165, 1.54) is 10.7 Å². The van der Waals surface area contributed by atoms with Crippen molar-refractivity contribution in [2.45, 2.75) is 0 Å². The Hall–Kier alpha value is -1.91. The Balaban J connectivity index is 2.40. The van der Waals surface area contributed by atoms with Crippen LogP contribution in [-0.2, 0) is 0 Å². The largest absolute Gasteiger partial charge is 0.386 e. The van der Waals surface area contributed by atoms with Crippen molar-refractivity contribution < 1.29 is 8.78 Å². The molecular weight excluding hydrogens is 200 g/mol. The second-order valence-electron chi connectivity index (χ2n) is 3.02. The van der Waals surface area contributed by atoms with Gasteiger partial charge in [0.2, 0.25) is 0 Å². The van der Waals surface area contributed by atoms with E-state index in [0.29, 0.717) is 5.69 Å². The number of nitrogens with one attached hydrogen (secondary N) is 1. The van der Waals surface area contributed by atoms with Gasteiger partial charge in [0.25, 0.3) is 0 Å². The molecular formula is C10H9F2N3. The molecule has 0 atom stereocenters. The van der Waals surface area contributed by atoms with Crippen LogP contribution in [0.5, 0.6) is 0 Å². The molecule has 1 aromatic carbocycles. The van der Waals surface area contributed by atoms with E-state index >= 15 is 0 Å². The predicted molar refractivity (Wildman–Crippen MR) is 53.0 cm³/mol. The van der Waals surface area contributed by atoms with Crippen LogP contribution in [0.25, 0.3) is 5.69 Å². The Bertz CT molecular complexity index is 479. The molecule has 15 heavy (non-hydrogen) atoms. The summed E-state index contributed by atoms with van der Waals surface area (Å²) in [7, 11) is 1.76. The molecule has 1 aromatic heterocycles. The van der Waals surface area contributed by atoms with Crippen molar-refractivity contribution >= 4 is 5.69 Å². The first-order valence-electron chi connectivity index (χ1n) is 4.38. The van der Waals surface area contributed by atoms with Crippen molar-refractivity contribution in [3.05, 3.63) is 42.2 Å². The maximum Gasteiger partial charge on any atom is 0.160 e. The number of anilines is 1. The monoisotopic (exact) mass is 209 g/mol. The fourth-order valence-corrected chi connectivity index (χ4v) is 1.22. The molecule has 0 saturated heterocycles. The van der Waals surface area contributed by atoms with Gasteiger partial charge < -0.3 is 5.32 Å². The Labute approximate surface area is 85.3 Å². The van der Waals surface area contributed by atoms with E-state index in [9.17, 15) is 8.78 Å². The minimum atomic E-state index is -0.881. The van der Waals surface area contributed by atoms with Crippen LogP contribution in [-0.4, -0.2) is 16.8 Å². The molecule has 1 N–H and O–H groups in total. The smallest absolute Gasteiger partial charge is 0.160 e. The molecule has 0 spiro atoms. The lowest BCUT2D eigenvalue weighted by molar-refractivity contribution is 0.507. The van der Waals surface area contributed by atoms with Gasteiger partial charge in [0.15, 0.2) is 11.6 Å². The van der Waals surface area contributed by atoms with Crippen molar-refractivity contribution in [2.24, 2.45) is 0 Å². The van der Waals surface area contributed by atoms with Crippen LogP contribution in [0, 0.1) is 11.6 Å². The van der Waals surface area contributed by atoms with Crippen LogP contribution in [0.2, 0.25) is 0 Å². The summed E-state index contributed by atoms with van der Waals surface area (Å²) >= 11 is 0. The van der Waals surface area contributed by atoms with Gasteiger partial charge in [-0.3, -0.25) is 0 Å². The van der Waals surface area contributed by atoms with Crippen LogP contribution in [0.1, 0.15) is 0 Å². The summed E-state index contributed by atoms with van der Waals surface area (Å²) in [5.74, 6) is -1.74. The van der Waals surface area contributed by atoms with E-state index in [4.69, 9.17) is 0 Å². The summed E-state index contributed by atoms with van der Waals surface area (Å²) in [6, 6.07) is 3.64. The Kier molecular flexibility index (Phi) is 2.37. The van der Waals surface area contributed by atoms with E-state index in [-0.39, 0.29) is 0 Å². The third-order valence-corrected chi connectivity index (χ3v) is 2.04. The first kappa shape index (κ1) is 9.64. The summed E-state index contributed by atoms with van der Waals surface area (Å²) in [6.07, 6.45) is 3.29. The van der Waals surface area contributed by atoms with Gasteiger partial charge in [-0.2, -0.15) is 5.10 Å². The average Bonchev–Trinajstić information content (AvgIpc) is 2.70. The number of aromatic nitrogens is 2. The molecule has 0 fully saturated rings. The summed E-state index contributed by atoms with van der Waals surface area (Å²) in [6.45, 7) is 0. The molecule has 0 radical (unpaired) electrons. The lowest BCUT2D eigenvalue weighted by atomic mass is 10.3. The zero-order chi connectivity index (χ0) is 10.8. The van der Waals surface area contributed by atoms with Crippen molar-refractivity contribution in [1.82, 2.24) is 9.78 Å². The number of benzene rings is 1. The molecule has 0 saturated carbocycles. The van der Waals surface area contributed by atoms with Gasteiger partial charge in [-0.05, 0) is 12.1 Å². The van der Waals surface area contributed by atoms with E-state index in [2.05, 4.69) is 10.4 Å². The van der Waals surface area contributed by atoms with Gasteiger partial charge in [0.1, 0.15) is 0 Å². The lowest BCUT2D eigenvalue weighted by Gasteiger charge is -2.01. The predicted octanol–water partition coefficient (Wildman–Crippen LogP) is 2.19. The maximum absolute atomic E-state index is 12.9. The number of nitrogens with zero attached hydrogens (tertiary/aromatic N) is 2. The third kappa shape index (κ3) is 1.81. The van der Waals surface area contributed by atoms with Gasteiger partial charge in [-0.25, -0.2) is 13.5 Å². The molecule has 0 aliphatic heterocycles. The highest BCUT2D eigenvalue weighted by Gasteiger charge is 2.04. The van der Waals surface area contributed by atoms with E-state index < -0.39 is 11.6 Å². The molecule has 3 nitrogen and oxygen atoms in total. The van der Waals surface area contributed by atoms with Crippen LogP contribution in [0.4, 0.5) is 14.5 Å². The zero-order valence-electron chi connectivity index (χ0n) is 8.04. The Morgan fingerprint density at radius 2 is 2.07 bits per heavy atom. The third-order valence-electron chi connectivity index (χ3n) is 2.04. The summed E-state index contributed by atoms with van der Waals surface area (Å²) in [4.78, 5) is 0. The van der Waals surface area contributed by atoms with Gasteiger partial charge in [-0.1, -0.05) is 0 Å². The SMILES string of the molecule is CNc1cnn(-c2ccc(F)c(F)c2)c1. The lowest BCUT2D eigenvalue weighted by Crippen LogP contribution is -1.96. The molecule has 0 unspecified atom stereocenters. The van der Waals surface area contributed by atoms with Crippen molar-refractivity contribution in [1.29, 1.82) is 0 Å². The van der Waals surface area contributed by atoms with E-state index in [1.807, 2.05) is 0 Å². The topological polar surface area (TPSA) is 29.9 Å². The molecule has 0 aliphatic carbocycles. The minimum absolute atomic E-state index is 0.482. The van der Waals surface area contributed by atoms with Crippen LogP contribution in [0.15, 0.2) is 30.6 Å². The number of hydrogen-bond donors (Lipinski definition) is 1. The average molecular weight is 209 g/mol. The highest BCUT2D eigenvalue weighted by Crippen LogP contribution is 2.14. The normalized spacial score (nSPS) is 10.3. The summed E-state index contributed by atoms with van der Waals surface area (Å²) in [5, 5.41) is 6.89. The second kappa shape index (κ2) is 3.68. The molecule has 0 aliphatic rings. The molecule has 2 aromatic rings. The van der Waals surface area contributed by atoms with Crippen LogP contribution >= 0.6 is 0 Å². The van der Waals surface area contributed by atoms with Crippen molar-refractivity contribution in [2.75, 3.05) is 12.4 Å². The molecule has 0 bridgehead atoms.